The summed E-state index contributed by atoms with van der Waals surface area (Å²) in [5.41, 5.74) is 1.76. The lowest BCUT2D eigenvalue weighted by Gasteiger charge is -2.14. The zero-order valence-electron chi connectivity index (χ0n) is 10.6. The van der Waals surface area contributed by atoms with Crippen LogP contribution >= 0.6 is 11.3 Å². The summed E-state index contributed by atoms with van der Waals surface area (Å²) in [6.07, 6.45) is 1.03. The van der Waals surface area contributed by atoms with Crippen molar-refractivity contribution in [3.05, 3.63) is 51.7 Å². The van der Waals surface area contributed by atoms with Crippen LogP contribution in [0.2, 0.25) is 0 Å². The fraction of sp³-hybridized carbons (Fsp3) is 0.267. The number of rotatable bonds is 4. The van der Waals surface area contributed by atoms with E-state index in [9.17, 15) is 0 Å². The van der Waals surface area contributed by atoms with Gasteiger partial charge >= 0.3 is 0 Å². The Kier molecular flexibility index (Phi) is 4.01. The van der Waals surface area contributed by atoms with Gasteiger partial charge in [0.05, 0.1) is 11.6 Å². The molecule has 0 saturated heterocycles. The highest BCUT2D eigenvalue weighted by atomic mass is 32.1. The molecule has 0 fully saturated rings. The van der Waals surface area contributed by atoms with E-state index in [2.05, 4.69) is 37.4 Å². The molecule has 0 amide bonds. The molecule has 1 unspecified atom stereocenters. The predicted molar refractivity (Wildman–Crippen MR) is 77.0 cm³/mol. The molecule has 1 heterocycles. The Bertz CT molecular complexity index is 549. The highest BCUT2D eigenvalue weighted by Gasteiger charge is 2.05. The van der Waals surface area contributed by atoms with Crippen molar-refractivity contribution in [3.8, 4) is 6.07 Å². The molecule has 1 atom stereocenters. The maximum Gasteiger partial charge on any atom is 0.0991 e. The number of anilines is 1. The smallest absolute Gasteiger partial charge is 0.0991 e. The number of nitrogens with one attached hydrogen (secondary N) is 1. The minimum absolute atomic E-state index is 0.385. The third-order valence-electron chi connectivity index (χ3n) is 2.73. The van der Waals surface area contributed by atoms with Crippen LogP contribution in [-0.4, -0.2) is 6.04 Å². The number of hydrogen-bond donors (Lipinski definition) is 1. The van der Waals surface area contributed by atoms with Crippen LogP contribution in [0.1, 0.15) is 22.2 Å². The molecule has 18 heavy (non-hydrogen) atoms. The molecule has 92 valence electrons. The Labute approximate surface area is 112 Å². The first-order valence-electron chi connectivity index (χ1n) is 5.99. The van der Waals surface area contributed by atoms with Crippen molar-refractivity contribution >= 4 is 17.0 Å². The summed E-state index contributed by atoms with van der Waals surface area (Å²) in [5.74, 6) is 0. The summed E-state index contributed by atoms with van der Waals surface area (Å²) >= 11 is 1.85. The standard InChI is InChI=1S/C15H16N2S/c1-11(9-15-8-3-12(2)18-15)17-14-6-4-13(10-16)5-7-14/h3-8,11,17H,9H2,1-2H3. The molecule has 2 aromatic rings. The maximum atomic E-state index is 8.74. The average Bonchev–Trinajstić information content (AvgIpc) is 2.75. The maximum absolute atomic E-state index is 8.74. The van der Waals surface area contributed by atoms with E-state index in [1.54, 1.807) is 0 Å². The second kappa shape index (κ2) is 5.70. The Morgan fingerprint density at radius 1 is 1.22 bits per heavy atom. The van der Waals surface area contributed by atoms with Gasteiger partial charge in [0, 0.05) is 27.9 Å². The number of hydrogen-bond acceptors (Lipinski definition) is 3. The van der Waals surface area contributed by atoms with E-state index in [0.29, 0.717) is 11.6 Å². The van der Waals surface area contributed by atoms with Gasteiger partial charge in [-0.3, -0.25) is 0 Å². The topological polar surface area (TPSA) is 35.8 Å². The lowest BCUT2D eigenvalue weighted by atomic mass is 10.1. The zero-order chi connectivity index (χ0) is 13.0. The first kappa shape index (κ1) is 12.7. The summed E-state index contributed by atoms with van der Waals surface area (Å²) in [4.78, 5) is 2.76. The number of aryl methyl sites for hydroxylation is 1. The number of benzene rings is 1. The Morgan fingerprint density at radius 3 is 2.50 bits per heavy atom. The van der Waals surface area contributed by atoms with Crippen molar-refractivity contribution in [2.75, 3.05) is 5.32 Å². The zero-order valence-corrected chi connectivity index (χ0v) is 11.4. The summed E-state index contributed by atoms with van der Waals surface area (Å²) < 4.78 is 0. The van der Waals surface area contributed by atoms with Crippen LogP contribution in [0, 0.1) is 18.3 Å². The van der Waals surface area contributed by atoms with E-state index in [1.165, 1.54) is 9.75 Å². The largest absolute Gasteiger partial charge is 0.382 e. The second-order valence-corrected chi connectivity index (χ2v) is 5.82. The van der Waals surface area contributed by atoms with Crippen LogP contribution in [0.4, 0.5) is 5.69 Å². The van der Waals surface area contributed by atoms with Crippen molar-refractivity contribution in [3.63, 3.8) is 0 Å². The van der Waals surface area contributed by atoms with E-state index in [1.807, 2.05) is 35.6 Å². The van der Waals surface area contributed by atoms with Gasteiger partial charge in [-0.25, -0.2) is 0 Å². The van der Waals surface area contributed by atoms with Crippen LogP contribution in [0.15, 0.2) is 36.4 Å². The molecule has 1 aromatic heterocycles. The van der Waals surface area contributed by atoms with Gasteiger partial charge in [0.15, 0.2) is 0 Å². The highest BCUT2D eigenvalue weighted by Crippen LogP contribution is 2.18. The Morgan fingerprint density at radius 2 is 1.94 bits per heavy atom. The number of thiophene rings is 1. The van der Waals surface area contributed by atoms with Crippen molar-refractivity contribution in [2.24, 2.45) is 0 Å². The molecule has 1 aromatic carbocycles. The van der Waals surface area contributed by atoms with Crippen LogP contribution in [-0.2, 0) is 6.42 Å². The molecular formula is C15H16N2S. The van der Waals surface area contributed by atoms with Gasteiger partial charge in [-0.1, -0.05) is 0 Å². The van der Waals surface area contributed by atoms with Gasteiger partial charge in [0.2, 0.25) is 0 Å². The fourth-order valence-corrected chi connectivity index (χ4v) is 2.89. The summed E-state index contributed by atoms with van der Waals surface area (Å²) in [6, 6.07) is 14.4. The first-order chi connectivity index (χ1) is 8.67. The normalized spacial score (nSPS) is 11.8. The third-order valence-corrected chi connectivity index (χ3v) is 3.75. The second-order valence-electron chi connectivity index (χ2n) is 4.45. The molecule has 2 rings (SSSR count). The van der Waals surface area contributed by atoms with Crippen molar-refractivity contribution in [1.82, 2.24) is 0 Å². The van der Waals surface area contributed by atoms with Crippen molar-refractivity contribution in [2.45, 2.75) is 26.3 Å². The highest BCUT2D eigenvalue weighted by molar-refractivity contribution is 7.11. The average molecular weight is 256 g/mol. The van der Waals surface area contributed by atoms with Gasteiger partial charge in [0.1, 0.15) is 0 Å². The summed E-state index contributed by atoms with van der Waals surface area (Å²) in [6.45, 7) is 4.31. The fourth-order valence-electron chi connectivity index (χ4n) is 1.87. The number of nitrogens with zero attached hydrogens (tertiary/aromatic N) is 1. The van der Waals surface area contributed by atoms with Gasteiger partial charge < -0.3 is 5.32 Å². The Hall–Kier alpha value is -1.79. The van der Waals surface area contributed by atoms with E-state index in [-0.39, 0.29) is 0 Å². The van der Waals surface area contributed by atoms with Crippen molar-refractivity contribution in [1.29, 1.82) is 5.26 Å². The molecule has 1 N–H and O–H groups in total. The van der Waals surface area contributed by atoms with Crippen LogP contribution < -0.4 is 5.32 Å². The minimum Gasteiger partial charge on any atom is -0.382 e. The number of nitriles is 1. The molecular weight excluding hydrogens is 240 g/mol. The van der Waals surface area contributed by atoms with E-state index in [0.717, 1.165) is 12.1 Å². The predicted octanol–water partition coefficient (Wildman–Crippen LogP) is 3.97. The van der Waals surface area contributed by atoms with Gasteiger partial charge in [-0.2, -0.15) is 5.26 Å². The van der Waals surface area contributed by atoms with Gasteiger partial charge in [-0.05, 0) is 50.2 Å². The lowest BCUT2D eigenvalue weighted by Crippen LogP contribution is -2.17. The van der Waals surface area contributed by atoms with Crippen molar-refractivity contribution < 1.29 is 0 Å². The minimum atomic E-state index is 0.385. The summed E-state index contributed by atoms with van der Waals surface area (Å²) in [7, 11) is 0. The molecule has 0 spiro atoms. The van der Waals surface area contributed by atoms with E-state index < -0.39 is 0 Å². The van der Waals surface area contributed by atoms with E-state index in [4.69, 9.17) is 5.26 Å². The molecule has 0 radical (unpaired) electrons. The molecule has 2 nitrogen and oxygen atoms in total. The van der Waals surface area contributed by atoms with Gasteiger partial charge in [0.25, 0.3) is 0 Å². The molecule has 3 heteroatoms. The lowest BCUT2D eigenvalue weighted by molar-refractivity contribution is 0.800. The van der Waals surface area contributed by atoms with Crippen LogP contribution in [0.3, 0.4) is 0 Å². The third kappa shape index (κ3) is 3.35. The summed E-state index contributed by atoms with van der Waals surface area (Å²) in [5, 5.41) is 12.2. The first-order valence-corrected chi connectivity index (χ1v) is 6.81. The molecule has 0 aliphatic heterocycles. The van der Waals surface area contributed by atoms with E-state index >= 15 is 0 Å². The van der Waals surface area contributed by atoms with Crippen LogP contribution in [0.25, 0.3) is 0 Å². The van der Waals surface area contributed by atoms with Gasteiger partial charge in [-0.15, -0.1) is 11.3 Å². The quantitative estimate of drug-likeness (QED) is 0.898. The van der Waals surface area contributed by atoms with Crippen LogP contribution in [0.5, 0.6) is 0 Å². The molecule has 0 saturated carbocycles. The molecule has 0 aliphatic rings. The molecule has 0 aliphatic carbocycles. The monoisotopic (exact) mass is 256 g/mol. The SMILES string of the molecule is Cc1ccc(CC(C)Nc2ccc(C#N)cc2)s1. The Balaban J connectivity index is 1.94. The molecule has 0 bridgehead atoms.